The van der Waals surface area contributed by atoms with Gasteiger partial charge in [-0.15, -0.1) is 0 Å². The van der Waals surface area contributed by atoms with Gasteiger partial charge in [-0.3, -0.25) is 9.48 Å². The van der Waals surface area contributed by atoms with Gasteiger partial charge in [0.15, 0.2) is 5.75 Å². The Balaban J connectivity index is 2.24. The lowest BCUT2D eigenvalue weighted by atomic mass is 10.1. The lowest BCUT2D eigenvalue weighted by Crippen LogP contribution is -2.15. The second kappa shape index (κ2) is 5.64. The third kappa shape index (κ3) is 2.74. The highest BCUT2D eigenvalue weighted by atomic mass is 16.5. The van der Waals surface area contributed by atoms with Gasteiger partial charge >= 0.3 is 0 Å². The summed E-state index contributed by atoms with van der Waals surface area (Å²) in [5.74, 6) is -0.242. The van der Waals surface area contributed by atoms with Gasteiger partial charge in [0.2, 0.25) is 0 Å². The zero-order valence-corrected chi connectivity index (χ0v) is 11.6. The van der Waals surface area contributed by atoms with E-state index in [0.717, 1.165) is 17.9 Å². The van der Waals surface area contributed by atoms with Gasteiger partial charge in [0, 0.05) is 6.54 Å². The van der Waals surface area contributed by atoms with E-state index < -0.39 is 5.91 Å². The predicted octanol–water partition coefficient (Wildman–Crippen LogP) is 1.47. The van der Waals surface area contributed by atoms with Crippen LogP contribution in [0.15, 0.2) is 24.3 Å². The van der Waals surface area contributed by atoms with Gasteiger partial charge in [0.25, 0.3) is 5.91 Å². The number of anilines is 1. The molecule has 4 N–H and O–H groups in total. The van der Waals surface area contributed by atoms with E-state index in [1.54, 1.807) is 18.2 Å². The summed E-state index contributed by atoms with van der Waals surface area (Å²) in [4.78, 5) is 11.4. The molecular formula is C14H18N4O2. The average Bonchev–Trinajstić information content (AvgIpc) is 2.77. The number of carbonyl (C=O) groups excluding carboxylic acids is 1. The molecule has 2 rings (SSSR count). The zero-order valence-electron chi connectivity index (χ0n) is 11.6. The summed E-state index contributed by atoms with van der Waals surface area (Å²) in [5.41, 5.74) is 13.7. The predicted molar refractivity (Wildman–Crippen MR) is 76.3 cm³/mol. The van der Waals surface area contributed by atoms with E-state index in [2.05, 4.69) is 5.10 Å². The molecule has 0 aliphatic carbocycles. The molecule has 0 radical (unpaired) electrons. The molecule has 0 fully saturated rings. The van der Waals surface area contributed by atoms with Crippen LogP contribution in [-0.2, 0) is 13.2 Å². The van der Waals surface area contributed by atoms with Crippen molar-refractivity contribution in [2.24, 2.45) is 5.73 Å². The normalized spacial score (nSPS) is 10.5. The maximum absolute atomic E-state index is 11.4. The summed E-state index contributed by atoms with van der Waals surface area (Å²) in [7, 11) is 0. The van der Waals surface area contributed by atoms with Gasteiger partial charge in [0.1, 0.15) is 6.61 Å². The van der Waals surface area contributed by atoms with Crippen molar-refractivity contribution in [1.29, 1.82) is 0 Å². The van der Waals surface area contributed by atoms with E-state index in [4.69, 9.17) is 16.2 Å². The second-order valence-electron chi connectivity index (χ2n) is 4.47. The summed E-state index contributed by atoms with van der Waals surface area (Å²) in [6.07, 6.45) is 0. The highest BCUT2D eigenvalue weighted by Crippen LogP contribution is 2.27. The van der Waals surface area contributed by atoms with Crippen molar-refractivity contribution >= 4 is 11.6 Å². The van der Waals surface area contributed by atoms with Crippen molar-refractivity contribution in [2.45, 2.75) is 27.0 Å². The summed E-state index contributed by atoms with van der Waals surface area (Å²) in [6.45, 7) is 4.95. The Hall–Kier alpha value is -2.50. The van der Waals surface area contributed by atoms with Gasteiger partial charge in [-0.2, -0.15) is 5.10 Å². The first-order chi connectivity index (χ1) is 9.52. The van der Waals surface area contributed by atoms with E-state index in [1.165, 1.54) is 0 Å². The zero-order chi connectivity index (χ0) is 14.7. The highest BCUT2D eigenvalue weighted by Gasteiger charge is 2.13. The number of nitrogens with two attached hydrogens (primary N) is 2. The maximum atomic E-state index is 11.4. The number of aryl methyl sites for hydroxylation is 2. The fourth-order valence-electron chi connectivity index (χ4n) is 2.05. The Morgan fingerprint density at radius 2 is 2.20 bits per heavy atom. The number of nitrogen functional groups attached to an aromatic ring is 1. The molecule has 1 aromatic carbocycles. The number of primary amides is 1. The van der Waals surface area contributed by atoms with Crippen LogP contribution < -0.4 is 16.2 Å². The van der Waals surface area contributed by atoms with E-state index in [9.17, 15) is 4.79 Å². The Kier molecular flexibility index (Phi) is 3.93. The number of carbonyl (C=O) groups is 1. The molecule has 1 aromatic heterocycles. The number of amides is 1. The summed E-state index contributed by atoms with van der Waals surface area (Å²) >= 11 is 0. The fraction of sp³-hybridized carbons (Fsp3) is 0.286. The first kappa shape index (κ1) is 13.9. The molecule has 6 heteroatoms. The van der Waals surface area contributed by atoms with Gasteiger partial charge < -0.3 is 16.2 Å². The average molecular weight is 274 g/mol. The first-order valence-corrected chi connectivity index (χ1v) is 6.37. The molecule has 1 heterocycles. The smallest absolute Gasteiger partial charge is 0.252 e. The minimum absolute atomic E-state index is 0.281. The molecule has 0 atom stereocenters. The van der Waals surface area contributed by atoms with Gasteiger partial charge in [-0.1, -0.05) is 6.07 Å². The van der Waals surface area contributed by atoms with E-state index >= 15 is 0 Å². The molecular weight excluding hydrogens is 256 g/mol. The SMILES string of the molecule is CCn1nc(C)cc1COc1c(N)cccc1C(N)=O. The van der Waals surface area contributed by atoms with E-state index in [1.807, 2.05) is 24.6 Å². The second-order valence-corrected chi connectivity index (χ2v) is 4.47. The molecule has 20 heavy (non-hydrogen) atoms. The van der Waals surface area contributed by atoms with Crippen molar-refractivity contribution in [3.05, 3.63) is 41.2 Å². The van der Waals surface area contributed by atoms with Crippen LogP contribution in [0.2, 0.25) is 0 Å². The van der Waals surface area contributed by atoms with Gasteiger partial charge in [-0.25, -0.2) is 0 Å². The number of hydrogen-bond acceptors (Lipinski definition) is 4. The maximum Gasteiger partial charge on any atom is 0.252 e. The van der Waals surface area contributed by atoms with E-state index in [0.29, 0.717) is 11.4 Å². The van der Waals surface area contributed by atoms with Crippen molar-refractivity contribution in [2.75, 3.05) is 5.73 Å². The Morgan fingerprint density at radius 1 is 1.45 bits per heavy atom. The minimum Gasteiger partial charge on any atom is -0.484 e. The number of nitrogens with zero attached hydrogens (tertiary/aromatic N) is 2. The molecule has 0 saturated heterocycles. The van der Waals surface area contributed by atoms with Crippen molar-refractivity contribution in [3.63, 3.8) is 0 Å². The van der Waals surface area contributed by atoms with Crippen LogP contribution >= 0.6 is 0 Å². The van der Waals surface area contributed by atoms with E-state index in [-0.39, 0.29) is 12.2 Å². The molecule has 106 valence electrons. The molecule has 0 spiro atoms. The number of hydrogen-bond donors (Lipinski definition) is 2. The monoisotopic (exact) mass is 274 g/mol. The van der Waals surface area contributed by atoms with Crippen LogP contribution in [0.1, 0.15) is 28.7 Å². The van der Waals surface area contributed by atoms with Crippen LogP contribution in [-0.4, -0.2) is 15.7 Å². The third-order valence-electron chi connectivity index (χ3n) is 2.96. The van der Waals surface area contributed by atoms with Crippen molar-refractivity contribution < 1.29 is 9.53 Å². The van der Waals surface area contributed by atoms with Crippen LogP contribution in [0.3, 0.4) is 0 Å². The molecule has 6 nitrogen and oxygen atoms in total. The molecule has 0 unspecified atom stereocenters. The Labute approximate surface area is 117 Å². The molecule has 0 saturated carbocycles. The molecule has 0 bridgehead atoms. The Morgan fingerprint density at radius 3 is 2.85 bits per heavy atom. The molecule has 2 aromatic rings. The molecule has 0 aliphatic rings. The minimum atomic E-state index is -0.563. The van der Waals surface area contributed by atoms with Crippen molar-refractivity contribution in [1.82, 2.24) is 9.78 Å². The molecule has 0 aliphatic heterocycles. The lowest BCUT2D eigenvalue weighted by molar-refractivity contribution is 0.0996. The topological polar surface area (TPSA) is 96.2 Å². The van der Waals surface area contributed by atoms with Crippen molar-refractivity contribution in [3.8, 4) is 5.75 Å². The largest absolute Gasteiger partial charge is 0.484 e. The Bertz CT molecular complexity index is 634. The number of para-hydroxylation sites is 1. The van der Waals surface area contributed by atoms with Crippen LogP contribution in [0.5, 0.6) is 5.75 Å². The fourth-order valence-corrected chi connectivity index (χ4v) is 2.05. The number of aromatic nitrogens is 2. The number of benzene rings is 1. The molecule has 1 amide bonds. The summed E-state index contributed by atoms with van der Waals surface area (Å²) < 4.78 is 7.53. The van der Waals surface area contributed by atoms with Crippen LogP contribution in [0, 0.1) is 6.92 Å². The van der Waals surface area contributed by atoms with Crippen LogP contribution in [0.4, 0.5) is 5.69 Å². The highest BCUT2D eigenvalue weighted by molar-refractivity contribution is 5.97. The lowest BCUT2D eigenvalue weighted by Gasteiger charge is -2.12. The standard InChI is InChI=1S/C14H18N4O2/c1-3-18-10(7-9(2)17-18)8-20-13-11(14(16)19)5-4-6-12(13)15/h4-7H,3,8,15H2,1-2H3,(H2,16,19). The van der Waals surface area contributed by atoms with Gasteiger partial charge in [-0.05, 0) is 32.0 Å². The summed E-state index contributed by atoms with van der Waals surface area (Å²) in [6, 6.07) is 6.87. The number of rotatable bonds is 5. The third-order valence-corrected chi connectivity index (χ3v) is 2.96. The summed E-state index contributed by atoms with van der Waals surface area (Å²) in [5, 5.41) is 4.34. The van der Waals surface area contributed by atoms with Crippen LogP contribution in [0.25, 0.3) is 0 Å². The number of ether oxygens (including phenoxy) is 1. The quantitative estimate of drug-likeness (QED) is 0.807. The first-order valence-electron chi connectivity index (χ1n) is 6.37. The van der Waals surface area contributed by atoms with Gasteiger partial charge in [0.05, 0.1) is 22.6 Å².